The molecule has 1 aliphatic heterocycles. The number of hydrogen-bond donors (Lipinski definition) is 2. The second-order valence-corrected chi connectivity index (χ2v) is 7.50. The van der Waals surface area contributed by atoms with Crippen molar-refractivity contribution in [2.45, 2.75) is 71.1 Å². The molecule has 0 bridgehead atoms. The Kier molecular flexibility index (Phi) is 7.76. The van der Waals surface area contributed by atoms with Gasteiger partial charge in [-0.15, -0.1) is 0 Å². The number of aromatic nitrogens is 2. The van der Waals surface area contributed by atoms with Gasteiger partial charge in [-0.05, 0) is 55.3 Å². The van der Waals surface area contributed by atoms with E-state index in [9.17, 15) is 0 Å². The minimum absolute atomic E-state index is 0.993. The average Bonchev–Trinajstić information content (AvgIpc) is 3.42. The van der Waals surface area contributed by atoms with Crippen LogP contribution in [0.15, 0.2) is 53.3 Å². The first-order chi connectivity index (χ1) is 13.3. The molecule has 27 heavy (non-hydrogen) atoms. The van der Waals surface area contributed by atoms with E-state index in [4.69, 9.17) is 0 Å². The molecule has 0 saturated carbocycles. The number of nitrogens with zero attached hydrogens (tertiary/aromatic N) is 1. The molecule has 0 aliphatic carbocycles. The van der Waals surface area contributed by atoms with Crippen LogP contribution in [0.1, 0.15) is 81.8 Å². The van der Waals surface area contributed by atoms with Crippen molar-refractivity contribution < 1.29 is 0 Å². The quantitative estimate of drug-likeness (QED) is 0.389. The molecule has 2 N–H and O–H groups in total. The Morgan fingerprint density at radius 2 is 1.67 bits per heavy atom. The highest BCUT2D eigenvalue weighted by molar-refractivity contribution is 6.10. The van der Waals surface area contributed by atoms with E-state index in [0.717, 1.165) is 29.2 Å². The Bertz CT molecular complexity index is 759. The maximum absolute atomic E-state index is 4.67. The Balaban J connectivity index is 1.36. The molecule has 0 amide bonds. The van der Waals surface area contributed by atoms with Gasteiger partial charge in [-0.1, -0.05) is 58.3 Å². The average molecular weight is 364 g/mol. The van der Waals surface area contributed by atoms with Crippen LogP contribution >= 0.6 is 0 Å². The molecule has 0 radical (unpaired) electrons. The number of rotatable bonds is 12. The van der Waals surface area contributed by atoms with E-state index >= 15 is 0 Å². The van der Waals surface area contributed by atoms with Gasteiger partial charge in [0.1, 0.15) is 0 Å². The maximum Gasteiger partial charge on any atom is 0.0872 e. The molecule has 3 heterocycles. The lowest BCUT2D eigenvalue weighted by atomic mass is 10.1. The predicted molar refractivity (Wildman–Crippen MR) is 116 cm³/mol. The second-order valence-electron chi connectivity index (χ2n) is 7.50. The van der Waals surface area contributed by atoms with Gasteiger partial charge in [0, 0.05) is 17.6 Å². The van der Waals surface area contributed by atoms with E-state index < -0.39 is 0 Å². The molecule has 0 aromatic carbocycles. The van der Waals surface area contributed by atoms with E-state index in [1.165, 1.54) is 63.5 Å². The van der Waals surface area contributed by atoms with E-state index in [1.54, 1.807) is 0 Å². The number of aromatic amines is 2. The molecule has 0 unspecified atom stereocenters. The Hall–Kier alpha value is -2.29. The summed E-state index contributed by atoms with van der Waals surface area (Å²) < 4.78 is 0. The molecule has 0 atom stereocenters. The van der Waals surface area contributed by atoms with Gasteiger partial charge in [0.25, 0.3) is 0 Å². The zero-order valence-electron chi connectivity index (χ0n) is 16.6. The lowest BCUT2D eigenvalue weighted by molar-refractivity contribution is 0.564. The summed E-state index contributed by atoms with van der Waals surface area (Å²) in [5, 5.41) is 0. The lowest BCUT2D eigenvalue weighted by Crippen LogP contribution is -1.92. The third kappa shape index (κ3) is 6.42. The van der Waals surface area contributed by atoms with Crippen LogP contribution in [0.4, 0.5) is 0 Å². The number of allylic oxidation sites excluding steroid dienone is 2. The van der Waals surface area contributed by atoms with Gasteiger partial charge in [-0.3, -0.25) is 0 Å². The molecule has 144 valence electrons. The predicted octanol–water partition coefficient (Wildman–Crippen LogP) is 6.82. The smallest absolute Gasteiger partial charge is 0.0872 e. The second kappa shape index (κ2) is 10.8. The van der Waals surface area contributed by atoms with E-state index in [1.807, 2.05) is 18.3 Å². The molecular weight excluding hydrogens is 330 g/mol. The highest BCUT2D eigenvalue weighted by Crippen LogP contribution is 2.18. The summed E-state index contributed by atoms with van der Waals surface area (Å²) >= 11 is 0. The first-order valence-electron chi connectivity index (χ1n) is 10.7. The van der Waals surface area contributed by atoms with E-state index in [-0.39, 0.29) is 0 Å². The fraction of sp³-hybridized carbons (Fsp3) is 0.458. The van der Waals surface area contributed by atoms with Crippen LogP contribution in [0.25, 0.3) is 6.08 Å². The van der Waals surface area contributed by atoms with Crippen molar-refractivity contribution in [3.63, 3.8) is 0 Å². The van der Waals surface area contributed by atoms with Gasteiger partial charge in [0.2, 0.25) is 0 Å². The maximum atomic E-state index is 4.67. The zero-order valence-corrected chi connectivity index (χ0v) is 16.6. The topological polar surface area (TPSA) is 43.9 Å². The van der Waals surface area contributed by atoms with Crippen LogP contribution in [0, 0.1) is 0 Å². The molecule has 2 aromatic heterocycles. The molecule has 3 nitrogen and oxygen atoms in total. The van der Waals surface area contributed by atoms with Crippen molar-refractivity contribution in [2.24, 2.45) is 4.99 Å². The number of aliphatic imine (C=N–C) groups is 1. The van der Waals surface area contributed by atoms with Crippen molar-refractivity contribution in [2.75, 3.05) is 0 Å². The van der Waals surface area contributed by atoms with Crippen molar-refractivity contribution >= 4 is 11.8 Å². The molecule has 0 fully saturated rings. The highest BCUT2D eigenvalue weighted by Gasteiger charge is 2.07. The van der Waals surface area contributed by atoms with Crippen LogP contribution in [0.5, 0.6) is 0 Å². The zero-order chi connectivity index (χ0) is 18.7. The number of H-pyrrole nitrogens is 2. The molecular formula is C24H33N3. The third-order valence-electron chi connectivity index (χ3n) is 5.16. The van der Waals surface area contributed by atoms with Crippen LogP contribution in [-0.4, -0.2) is 15.7 Å². The normalized spacial score (nSPS) is 15.0. The first kappa shape index (κ1) is 19.5. The summed E-state index contributed by atoms with van der Waals surface area (Å²) in [4.78, 5) is 11.4. The lowest BCUT2D eigenvalue weighted by Gasteiger charge is -2.01. The van der Waals surface area contributed by atoms with Crippen molar-refractivity contribution in [1.82, 2.24) is 9.97 Å². The number of unbranched alkanes of at least 4 members (excludes halogenated alkanes) is 8. The molecule has 1 aliphatic rings. The monoisotopic (exact) mass is 363 g/mol. The highest BCUT2D eigenvalue weighted by atomic mass is 14.8. The fourth-order valence-corrected chi connectivity index (χ4v) is 3.57. The molecule has 0 spiro atoms. The summed E-state index contributed by atoms with van der Waals surface area (Å²) in [6.07, 6.45) is 21.7. The number of hydrogen-bond acceptors (Lipinski definition) is 1. The first-order valence-corrected chi connectivity index (χ1v) is 10.7. The van der Waals surface area contributed by atoms with Gasteiger partial charge in [0.05, 0.1) is 17.1 Å². The largest absolute Gasteiger partial charge is 0.360 e. The molecule has 3 rings (SSSR count). The summed E-state index contributed by atoms with van der Waals surface area (Å²) in [5.74, 6) is 0. The van der Waals surface area contributed by atoms with Gasteiger partial charge in [-0.25, -0.2) is 4.99 Å². The summed E-state index contributed by atoms with van der Waals surface area (Å²) in [7, 11) is 0. The summed E-state index contributed by atoms with van der Waals surface area (Å²) in [6.45, 7) is 2.28. The molecule has 3 heteroatoms. The van der Waals surface area contributed by atoms with Crippen LogP contribution in [-0.2, 0) is 6.42 Å². The van der Waals surface area contributed by atoms with Crippen molar-refractivity contribution in [3.05, 3.63) is 65.4 Å². The van der Waals surface area contributed by atoms with Crippen molar-refractivity contribution in [1.29, 1.82) is 0 Å². The molecule has 2 aromatic rings. The minimum Gasteiger partial charge on any atom is -0.360 e. The van der Waals surface area contributed by atoms with Crippen molar-refractivity contribution in [3.8, 4) is 0 Å². The van der Waals surface area contributed by atoms with Gasteiger partial charge >= 0.3 is 0 Å². The third-order valence-corrected chi connectivity index (χ3v) is 5.16. The summed E-state index contributed by atoms with van der Waals surface area (Å²) in [6, 6.07) is 8.42. The number of aryl methyl sites for hydroxylation is 1. The SMILES string of the molecule is CCCCCCCCCCCc1ccc(C=C2C=CC(c3ccc[nH]3)=N2)[nH]1. The Labute approximate surface area is 163 Å². The van der Waals surface area contributed by atoms with Crippen LogP contribution in [0.2, 0.25) is 0 Å². The van der Waals surface area contributed by atoms with Crippen LogP contribution < -0.4 is 0 Å². The number of nitrogens with one attached hydrogen (secondary N) is 2. The summed E-state index contributed by atoms with van der Waals surface area (Å²) in [5.41, 5.74) is 5.52. The Morgan fingerprint density at radius 1 is 0.889 bits per heavy atom. The minimum atomic E-state index is 0.993. The standard InChI is InChI=1S/C24H33N3/c1-2-3-4-5-6-7-8-9-10-12-20-14-15-21(26-20)19-22-16-17-24(27-22)23-13-11-18-25-23/h11,13-19,25-26H,2-10,12H2,1H3. The fourth-order valence-electron chi connectivity index (χ4n) is 3.57. The van der Waals surface area contributed by atoms with E-state index in [2.05, 4.69) is 52.2 Å². The van der Waals surface area contributed by atoms with Crippen LogP contribution in [0.3, 0.4) is 0 Å². The van der Waals surface area contributed by atoms with Gasteiger partial charge in [0.15, 0.2) is 0 Å². The van der Waals surface area contributed by atoms with E-state index in [0.29, 0.717) is 0 Å². The van der Waals surface area contributed by atoms with Gasteiger partial charge in [-0.2, -0.15) is 0 Å². The Morgan fingerprint density at radius 3 is 2.41 bits per heavy atom. The van der Waals surface area contributed by atoms with Gasteiger partial charge < -0.3 is 9.97 Å². The molecule has 0 saturated heterocycles.